The van der Waals surface area contributed by atoms with Gasteiger partial charge in [-0.2, -0.15) is 13.2 Å². The molecule has 36 heavy (non-hydrogen) atoms. The smallest absolute Gasteiger partial charge is 0.383 e. The zero-order valence-corrected chi connectivity index (χ0v) is 19.7. The molecule has 7 nitrogen and oxygen atoms in total. The molecule has 2 heterocycles. The van der Waals surface area contributed by atoms with E-state index in [1.807, 2.05) is 18.2 Å². The summed E-state index contributed by atoms with van der Waals surface area (Å²) in [5.74, 6) is -0.559. The highest BCUT2D eigenvalue weighted by Gasteiger charge is 2.57. The Kier molecular flexibility index (Phi) is 6.50. The van der Waals surface area contributed by atoms with E-state index in [1.54, 1.807) is 6.20 Å². The van der Waals surface area contributed by atoms with Gasteiger partial charge in [-0.3, -0.25) is 19.5 Å². The van der Waals surface area contributed by atoms with Crippen LogP contribution in [0.25, 0.3) is 0 Å². The van der Waals surface area contributed by atoms with Gasteiger partial charge in [0.1, 0.15) is 5.60 Å². The normalized spacial score (nSPS) is 29.9. The van der Waals surface area contributed by atoms with Crippen molar-refractivity contribution in [3.05, 3.63) is 65.5 Å². The molecule has 1 saturated heterocycles. The number of hydrogen-bond acceptors (Lipinski definition) is 5. The fourth-order valence-electron chi connectivity index (χ4n) is 6.24. The lowest BCUT2D eigenvalue weighted by atomic mass is 9.79. The maximum Gasteiger partial charge on any atom is 0.416 e. The molecule has 2 bridgehead atoms. The fourth-order valence-corrected chi connectivity index (χ4v) is 6.24. The number of hydrogen-bond donors (Lipinski definition) is 3. The van der Waals surface area contributed by atoms with Gasteiger partial charge in [0.2, 0.25) is 5.91 Å². The number of pyridine rings is 1. The quantitative estimate of drug-likeness (QED) is 0.565. The SMILES string of the molecule is O=C(CNC(=O)c1cccc(C(F)(F)F)c1)N[C@@H]1CCN(C2C[C@@H]3CC2CC3(O)c2ccccn2)C1. The fraction of sp³-hybridized carbons (Fsp3) is 0.500. The van der Waals surface area contributed by atoms with Crippen LogP contribution in [0.2, 0.25) is 0 Å². The molecule has 3 unspecified atom stereocenters. The largest absolute Gasteiger partial charge is 0.416 e. The Bertz CT molecular complexity index is 1130. The van der Waals surface area contributed by atoms with E-state index in [4.69, 9.17) is 0 Å². The minimum absolute atomic E-state index is 0.0586. The van der Waals surface area contributed by atoms with Gasteiger partial charge in [0.05, 0.1) is 17.8 Å². The Hall–Kier alpha value is -2.98. The maximum atomic E-state index is 12.9. The van der Waals surface area contributed by atoms with Crippen LogP contribution in [0.15, 0.2) is 48.7 Å². The van der Waals surface area contributed by atoms with Gasteiger partial charge in [-0.25, -0.2) is 0 Å². The summed E-state index contributed by atoms with van der Waals surface area (Å²) in [5, 5.41) is 16.6. The van der Waals surface area contributed by atoms with Crippen LogP contribution in [0.4, 0.5) is 13.2 Å². The van der Waals surface area contributed by atoms with Crippen LogP contribution in [0, 0.1) is 11.8 Å². The van der Waals surface area contributed by atoms with Crippen LogP contribution in [0.1, 0.15) is 47.3 Å². The van der Waals surface area contributed by atoms with E-state index in [-0.39, 0.29) is 30.0 Å². The number of nitrogens with one attached hydrogen (secondary N) is 2. The molecule has 1 aliphatic heterocycles. The molecular formula is C26H29F3N4O3. The number of carbonyl (C=O) groups is 2. The van der Waals surface area contributed by atoms with Gasteiger partial charge in [-0.1, -0.05) is 12.1 Å². The first-order valence-corrected chi connectivity index (χ1v) is 12.3. The second-order valence-electron chi connectivity index (χ2n) is 10.1. The highest BCUT2D eigenvalue weighted by Crippen LogP contribution is 2.56. The molecular weight excluding hydrogens is 473 g/mol. The van der Waals surface area contributed by atoms with E-state index in [0.29, 0.717) is 24.9 Å². The van der Waals surface area contributed by atoms with Crippen molar-refractivity contribution in [2.75, 3.05) is 19.6 Å². The number of aliphatic hydroxyl groups is 1. The van der Waals surface area contributed by atoms with Crippen LogP contribution in [0.3, 0.4) is 0 Å². The van der Waals surface area contributed by atoms with Gasteiger partial charge < -0.3 is 15.7 Å². The number of amides is 2. The number of rotatable bonds is 6. The first-order chi connectivity index (χ1) is 17.1. The van der Waals surface area contributed by atoms with Crippen molar-refractivity contribution < 1.29 is 27.9 Å². The number of alkyl halides is 3. The van der Waals surface area contributed by atoms with Gasteiger partial charge in [-0.05, 0) is 67.9 Å². The monoisotopic (exact) mass is 502 g/mol. The summed E-state index contributed by atoms with van der Waals surface area (Å²) >= 11 is 0. The van der Waals surface area contributed by atoms with Crippen molar-refractivity contribution in [1.82, 2.24) is 20.5 Å². The number of benzene rings is 1. The molecule has 1 aromatic carbocycles. The number of fused-ring (bicyclic) bond motifs is 2. The number of halogens is 3. The number of nitrogens with zero attached hydrogens (tertiary/aromatic N) is 2. The second-order valence-corrected chi connectivity index (χ2v) is 10.1. The van der Waals surface area contributed by atoms with Gasteiger partial charge in [-0.15, -0.1) is 0 Å². The summed E-state index contributed by atoms with van der Waals surface area (Å²) in [7, 11) is 0. The second kappa shape index (κ2) is 9.48. The lowest BCUT2D eigenvalue weighted by Crippen LogP contribution is -2.46. The van der Waals surface area contributed by atoms with Crippen LogP contribution >= 0.6 is 0 Å². The summed E-state index contributed by atoms with van der Waals surface area (Å²) < 4.78 is 38.6. The minimum atomic E-state index is -4.54. The van der Waals surface area contributed by atoms with Crippen molar-refractivity contribution >= 4 is 11.8 Å². The molecule has 2 amide bonds. The first kappa shape index (κ1) is 24.7. The summed E-state index contributed by atoms with van der Waals surface area (Å²) in [6.45, 7) is 1.23. The van der Waals surface area contributed by atoms with Crippen molar-refractivity contribution in [1.29, 1.82) is 0 Å². The number of likely N-dealkylation sites (tertiary alicyclic amines) is 1. The molecule has 2 saturated carbocycles. The van der Waals surface area contributed by atoms with Gasteiger partial charge in [0.15, 0.2) is 0 Å². The average molecular weight is 503 g/mol. The topological polar surface area (TPSA) is 94.6 Å². The average Bonchev–Trinajstić information content (AvgIpc) is 3.57. The van der Waals surface area contributed by atoms with Crippen molar-refractivity contribution in [2.45, 2.75) is 49.5 Å². The zero-order chi connectivity index (χ0) is 25.5. The highest BCUT2D eigenvalue weighted by atomic mass is 19.4. The Morgan fingerprint density at radius 3 is 2.69 bits per heavy atom. The molecule has 0 spiro atoms. The van der Waals surface area contributed by atoms with E-state index in [9.17, 15) is 27.9 Å². The van der Waals surface area contributed by atoms with Crippen LogP contribution in [0.5, 0.6) is 0 Å². The summed E-state index contributed by atoms with van der Waals surface area (Å²) in [6, 6.07) is 10.1. The maximum absolute atomic E-state index is 12.9. The Labute approximate surface area is 207 Å². The Morgan fingerprint density at radius 2 is 2.00 bits per heavy atom. The molecule has 3 N–H and O–H groups in total. The predicted octanol–water partition coefficient (Wildman–Crippen LogP) is 2.71. The molecule has 5 rings (SSSR count). The molecule has 192 valence electrons. The molecule has 3 aliphatic rings. The Balaban J connectivity index is 1.09. The van der Waals surface area contributed by atoms with E-state index in [2.05, 4.69) is 20.5 Å². The van der Waals surface area contributed by atoms with Crippen LogP contribution < -0.4 is 10.6 Å². The van der Waals surface area contributed by atoms with Crippen molar-refractivity contribution in [3.8, 4) is 0 Å². The predicted molar refractivity (Wildman–Crippen MR) is 125 cm³/mol. The standard InChI is InChI=1S/C26H29F3N4O3/c27-26(28,29)18-5-3-4-16(10-18)24(35)31-14-23(34)32-20-7-9-33(15-20)21-12-19-11-17(21)13-25(19,36)22-6-1-2-8-30-22/h1-6,8,10,17,19-21,36H,7,9,11-15H2,(H,31,35)(H,32,34)/t17?,19-,20+,21?,25?/m0/s1. The lowest BCUT2D eigenvalue weighted by Gasteiger charge is -2.39. The van der Waals surface area contributed by atoms with E-state index in [1.165, 1.54) is 6.07 Å². The van der Waals surface area contributed by atoms with Crippen LogP contribution in [-0.2, 0) is 16.6 Å². The molecule has 3 fully saturated rings. The zero-order valence-electron chi connectivity index (χ0n) is 19.7. The van der Waals surface area contributed by atoms with Gasteiger partial charge in [0.25, 0.3) is 5.91 Å². The highest BCUT2D eigenvalue weighted by molar-refractivity contribution is 5.96. The van der Waals surface area contributed by atoms with Crippen molar-refractivity contribution in [2.24, 2.45) is 11.8 Å². The summed E-state index contributed by atoms with van der Waals surface area (Å²) in [6.07, 6.45) is 0.503. The van der Waals surface area contributed by atoms with E-state index >= 15 is 0 Å². The molecule has 5 atom stereocenters. The van der Waals surface area contributed by atoms with Gasteiger partial charge in [0, 0.05) is 36.9 Å². The molecule has 2 aliphatic carbocycles. The third-order valence-electron chi connectivity index (χ3n) is 7.93. The molecule has 0 radical (unpaired) electrons. The molecule has 1 aromatic heterocycles. The summed E-state index contributed by atoms with van der Waals surface area (Å²) in [4.78, 5) is 31.4. The molecule has 2 aromatic rings. The third-order valence-corrected chi connectivity index (χ3v) is 7.93. The van der Waals surface area contributed by atoms with E-state index in [0.717, 1.165) is 49.7 Å². The minimum Gasteiger partial charge on any atom is -0.383 e. The van der Waals surface area contributed by atoms with Crippen LogP contribution in [-0.4, -0.2) is 58.5 Å². The third kappa shape index (κ3) is 4.84. The van der Waals surface area contributed by atoms with Gasteiger partial charge >= 0.3 is 6.18 Å². The lowest BCUT2D eigenvalue weighted by molar-refractivity contribution is -0.137. The van der Waals surface area contributed by atoms with Crippen molar-refractivity contribution in [3.63, 3.8) is 0 Å². The summed E-state index contributed by atoms with van der Waals surface area (Å²) in [5.41, 5.74) is -1.18. The van der Waals surface area contributed by atoms with E-state index < -0.39 is 23.2 Å². The molecule has 10 heteroatoms. The number of carbonyl (C=O) groups excluding carboxylic acids is 2. The first-order valence-electron chi connectivity index (χ1n) is 12.3. The Morgan fingerprint density at radius 1 is 1.17 bits per heavy atom. The number of aromatic nitrogens is 1.